The Morgan fingerprint density at radius 1 is 1.29 bits per heavy atom. The number of nitrogens with two attached hydrogens (primary N) is 2. The zero-order valence-corrected chi connectivity index (χ0v) is 7.38. The summed E-state index contributed by atoms with van der Waals surface area (Å²) in [5, 5.41) is 2.85. The highest BCUT2D eigenvalue weighted by Crippen LogP contribution is 2.13. The molecule has 1 aliphatic rings. The van der Waals surface area contributed by atoms with Gasteiger partial charge in [0.25, 0.3) is 0 Å². The van der Waals surface area contributed by atoms with E-state index >= 15 is 0 Å². The summed E-state index contributed by atoms with van der Waals surface area (Å²) in [5.41, 5.74) is 11.5. The highest BCUT2D eigenvalue weighted by molar-refractivity contribution is 5.92. The second-order valence-electron chi connectivity index (χ2n) is 2.85. The third-order valence-corrected chi connectivity index (χ3v) is 1.77. The van der Waals surface area contributed by atoms with E-state index in [1.807, 2.05) is 0 Å². The van der Waals surface area contributed by atoms with E-state index in [4.69, 9.17) is 11.5 Å². The van der Waals surface area contributed by atoms with Crippen molar-refractivity contribution in [2.75, 3.05) is 0 Å². The Morgan fingerprint density at radius 3 is 2.64 bits per heavy atom. The SMILES string of the molecule is NC1=NC(N)(c2ncccn2)NC=C1. The molecule has 5 N–H and O–H groups in total. The van der Waals surface area contributed by atoms with Crippen molar-refractivity contribution in [1.29, 1.82) is 0 Å². The first-order chi connectivity index (χ1) is 6.71. The molecule has 0 aromatic carbocycles. The maximum Gasteiger partial charge on any atom is 0.246 e. The molecular formula is C8H10N6. The summed E-state index contributed by atoms with van der Waals surface area (Å²) in [7, 11) is 0. The predicted molar refractivity (Wildman–Crippen MR) is 51.8 cm³/mol. The minimum absolute atomic E-state index is 0.346. The predicted octanol–water partition coefficient (Wildman–Crippen LogP) is -0.980. The monoisotopic (exact) mass is 190 g/mol. The van der Waals surface area contributed by atoms with Crippen LogP contribution in [0.3, 0.4) is 0 Å². The van der Waals surface area contributed by atoms with Gasteiger partial charge < -0.3 is 11.1 Å². The van der Waals surface area contributed by atoms with Gasteiger partial charge in [0.2, 0.25) is 5.79 Å². The fraction of sp³-hybridized carbons (Fsp3) is 0.125. The minimum Gasteiger partial charge on any atom is -0.384 e. The van der Waals surface area contributed by atoms with Gasteiger partial charge in [0.05, 0.1) is 0 Å². The number of aliphatic imine (C=N–C) groups is 1. The number of aromatic nitrogens is 2. The van der Waals surface area contributed by atoms with Gasteiger partial charge in [0.1, 0.15) is 5.84 Å². The maximum absolute atomic E-state index is 5.92. The van der Waals surface area contributed by atoms with Crippen LogP contribution in [-0.4, -0.2) is 15.8 Å². The number of amidine groups is 1. The van der Waals surface area contributed by atoms with E-state index in [0.29, 0.717) is 11.7 Å². The van der Waals surface area contributed by atoms with Gasteiger partial charge in [-0.3, -0.25) is 5.73 Å². The van der Waals surface area contributed by atoms with E-state index in [0.717, 1.165) is 0 Å². The second-order valence-corrected chi connectivity index (χ2v) is 2.85. The molecule has 2 heterocycles. The molecule has 14 heavy (non-hydrogen) atoms. The molecule has 0 amide bonds. The van der Waals surface area contributed by atoms with E-state index in [1.54, 1.807) is 30.7 Å². The van der Waals surface area contributed by atoms with Crippen LogP contribution in [0, 0.1) is 0 Å². The molecule has 0 saturated heterocycles. The molecule has 0 spiro atoms. The lowest BCUT2D eigenvalue weighted by atomic mass is 10.3. The number of nitrogens with zero attached hydrogens (tertiary/aromatic N) is 3. The van der Waals surface area contributed by atoms with Gasteiger partial charge in [0, 0.05) is 18.6 Å². The average Bonchev–Trinajstić information content (AvgIpc) is 2.19. The molecule has 6 heteroatoms. The molecule has 0 saturated carbocycles. The van der Waals surface area contributed by atoms with Crippen molar-refractivity contribution in [3.05, 3.63) is 36.6 Å². The highest BCUT2D eigenvalue weighted by atomic mass is 15.3. The first-order valence-corrected chi connectivity index (χ1v) is 4.07. The van der Waals surface area contributed by atoms with Crippen LogP contribution in [0.15, 0.2) is 35.7 Å². The Balaban J connectivity index is 2.39. The van der Waals surface area contributed by atoms with Crippen molar-refractivity contribution < 1.29 is 0 Å². The number of hydrogen-bond donors (Lipinski definition) is 3. The highest BCUT2D eigenvalue weighted by Gasteiger charge is 2.30. The van der Waals surface area contributed by atoms with Gasteiger partial charge in [0.15, 0.2) is 5.82 Å². The van der Waals surface area contributed by atoms with Crippen LogP contribution in [0.4, 0.5) is 0 Å². The fourth-order valence-corrected chi connectivity index (χ4v) is 1.14. The molecular weight excluding hydrogens is 180 g/mol. The fourth-order valence-electron chi connectivity index (χ4n) is 1.14. The van der Waals surface area contributed by atoms with Gasteiger partial charge in [-0.1, -0.05) is 0 Å². The summed E-state index contributed by atoms with van der Waals surface area (Å²) in [6, 6.07) is 1.71. The average molecular weight is 190 g/mol. The van der Waals surface area contributed by atoms with Gasteiger partial charge >= 0.3 is 0 Å². The van der Waals surface area contributed by atoms with Crippen LogP contribution in [0.1, 0.15) is 5.82 Å². The summed E-state index contributed by atoms with van der Waals surface area (Å²) in [6.45, 7) is 0. The number of hydrogen-bond acceptors (Lipinski definition) is 6. The van der Waals surface area contributed by atoms with Gasteiger partial charge in [-0.25, -0.2) is 15.0 Å². The van der Waals surface area contributed by atoms with E-state index in [2.05, 4.69) is 20.3 Å². The van der Waals surface area contributed by atoms with Crippen LogP contribution in [0.25, 0.3) is 0 Å². The molecule has 0 aliphatic carbocycles. The first kappa shape index (κ1) is 8.64. The maximum atomic E-state index is 5.92. The standard InChI is InChI=1S/C8H10N6/c9-6-2-5-13-8(10,14-6)7-11-3-1-4-12-7/h1-5,13H,10H2,(H2,9,14). The topological polar surface area (TPSA) is 102 Å². The van der Waals surface area contributed by atoms with Gasteiger partial charge in [-0.15, -0.1) is 0 Å². The van der Waals surface area contributed by atoms with Crippen LogP contribution in [0.5, 0.6) is 0 Å². The largest absolute Gasteiger partial charge is 0.384 e. The van der Waals surface area contributed by atoms with E-state index in [-0.39, 0.29) is 0 Å². The smallest absolute Gasteiger partial charge is 0.246 e. The summed E-state index contributed by atoms with van der Waals surface area (Å²) in [4.78, 5) is 12.1. The Hall–Kier alpha value is -1.95. The summed E-state index contributed by atoms with van der Waals surface area (Å²) in [5.74, 6) is -0.425. The Kier molecular flexibility index (Phi) is 1.90. The molecule has 1 aromatic heterocycles. The van der Waals surface area contributed by atoms with Crippen LogP contribution in [0.2, 0.25) is 0 Å². The van der Waals surface area contributed by atoms with E-state index in [1.165, 1.54) is 0 Å². The van der Waals surface area contributed by atoms with E-state index < -0.39 is 5.79 Å². The molecule has 0 radical (unpaired) electrons. The van der Waals surface area contributed by atoms with Crippen molar-refractivity contribution in [2.24, 2.45) is 16.5 Å². The lowest BCUT2D eigenvalue weighted by Gasteiger charge is -2.26. The van der Waals surface area contributed by atoms with Crippen molar-refractivity contribution in [3.63, 3.8) is 0 Å². The second kappa shape index (κ2) is 3.08. The molecule has 6 nitrogen and oxygen atoms in total. The molecule has 1 unspecified atom stereocenters. The van der Waals surface area contributed by atoms with E-state index in [9.17, 15) is 0 Å². The van der Waals surface area contributed by atoms with Crippen LogP contribution >= 0.6 is 0 Å². The molecule has 0 fully saturated rings. The van der Waals surface area contributed by atoms with Gasteiger partial charge in [-0.05, 0) is 12.1 Å². The van der Waals surface area contributed by atoms with Crippen LogP contribution in [-0.2, 0) is 5.79 Å². The molecule has 0 bridgehead atoms. The number of nitrogens with one attached hydrogen (secondary N) is 1. The molecule has 72 valence electrons. The Bertz CT molecular complexity index is 384. The third-order valence-electron chi connectivity index (χ3n) is 1.77. The van der Waals surface area contributed by atoms with Crippen LogP contribution < -0.4 is 16.8 Å². The number of rotatable bonds is 1. The first-order valence-electron chi connectivity index (χ1n) is 4.07. The lowest BCUT2D eigenvalue weighted by molar-refractivity contribution is 0.383. The Labute approximate surface area is 80.8 Å². The minimum atomic E-state index is -1.15. The zero-order chi connectivity index (χ0) is 10.0. The Morgan fingerprint density at radius 2 is 2.00 bits per heavy atom. The van der Waals surface area contributed by atoms with Gasteiger partial charge in [-0.2, -0.15) is 0 Å². The quantitative estimate of drug-likeness (QED) is 0.528. The van der Waals surface area contributed by atoms with Crippen molar-refractivity contribution in [3.8, 4) is 0 Å². The normalized spacial score (nSPS) is 25.4. The molecule has 2 rings (SSSR count). The summed E-state index contributed by atoms with van der Waals surface area (Å²) < 4.78 is 0. The zero-order valence-electron chi connectivity index (χ0n) is 7.38. The molecule has 1 atom stereocenters. The van der Waals surface area contributed by atoms with Crippen molar-refractivity contribution >= 4 is 5.84 Å². The summed E-state index contributed by atoms with van der Waals surface area (Å²) in [6.07, 6.45) is 6.44. The third kappa shape index (κ3) is 1.42. The molecule has 1 aliphatic heterocycles. The van der Waals surface area contributed by atoms with Crippen molar-refractivity contribution in [1.82, 2.24) is 15.3 Å². The lowest BCUT2D eigenvalue weighted by Crippen LogP contribution is -2.50. The summed E-state index contributed by atoms with van der Waals surface area (Å²) >= 11 is 0. The van der Waals surface area contributed by atoms with Crippen molar-refractivity contribution in [2.45, 2.75) is 5.79 Å². The molecule has 1 aromatic rings.